The molecule has 1 aliphatic rings. The van der Waals surface area contributed by atoms with Crippen molar-refractivity contribution < 1.29 is 24.2 Å². The maximum absolute atomic E-state index is 13.1. The molecular weight excluding hydrogens is 408 g/mol. The summed E-state index contributed by atoms with van der Waals surface area (Å²) in [7, 11) is 0. The van der Waals surface area contributed by atoms with Crippen LogP contribution in [0.4, 0.5) is 0 Å². The Bertz CT molecular complexity index is 822. The number of aliphatic hydroxyl groups excluding tert-OH is 1. The van der Waals surface area contributed by atoms with Crippen LogP contribution in [0.25, 0.3) is 0 Å². The molecule has 7 nitrogen and oxygen atoms in total. The Morgan fingerprint density at radius 1 is 1.25 bits per heavy atom. The Morgan fingerprint density at radius 2 is 1.97 bits per heavy atom. The van der Waals surface area contributed by atoms with Gasteiger partial charge in [-0.15, -0.1) is 13.2 Å². The van der Waals surface area contributed by atoms with Gasteiger partial charge >= 0.3 is 5.97 Å². The van der Waals surface area contributed by atoms with Crippen molar-refractivity contribution in [2.75, 3.05) is 13.2 Å². The summed E-state index contributed by atoms with van der Waals surface area (Å²) >= 11 is 0. The maximum atomic E-state index is 13.1. The van der Waals surface area contributed by atoms with Crippen molar-refractivity contribution in [3.8, 4) is 0 Å². The highest BCUT2D eigenvalue weighted by Crippen LogP contribution is 2.25. The molecule has 0 bridgehead atoms. The molecule has 1 aromatic rings. The first kappa shape index (κ1) is 25.3. The molecule has 32 heavy (non-hydrogen) atoms. The van der Waals surface area contributed by atoms with Crippen molar-refractivity contribution >= 4 is 17.8 Å². The molecule has 2 rings (SSSR count). The zero-order valence-electron chi connectivity index (χ0n) is 18.8. The molecule has 0 aromatic heterocycles. The van der Waals surface area contributed by atoms with Crippen LogP contribution in [0.1, 0.15) is 43.7 Å². The van der Waals surface area contributed by atoms with Crippen molar-refractivity contribution in [2.45, 2.75) is 57.7 Å². The van der Waals surface area contributed by atoms with Gasteiger partial charge in [-0.1, -0.05) is 36.4 Å². The van der Waals surface area contributed by atoms with E-state index in [0.717, 1.165) is 11.1 Å². The average Bonchev–Trinajstić information content (AvgIpc) is 2.79. The molecule has 1 heterocycles. The minimum atomic E-state index is -0.583. The van der Waals surface area contributed by atoms with Crippen LogP contribution in [0, 0.1) is 5.92 Å². The summed E-state index contributed by atoms with van der Waals surface area (Å²) in [5, 5.41) is 12.6. The van der Waals surface area contributed by atoms with Gasteiger partial charge in [-0.25, -0.2) is 0 Å². The number of amides is 2. The van der Waals surface area contributed by atoms with Crippen molar-refractivity contribution in [3.63, 3.8) is 0 Å². The normalized spacial score (nSPS) is 16.9. The van der Waals surface area contributed by atoms with Gasteiger partial charge in [0.05, 0.1) is 25.1 Å². The van der Waals surface area contributed by atoms with E-state index in [2.05, 4.69) is 18.5 Å². The van der Waals surface area contributed by atoms with E-state index >= 15 is 0 Å². The molecule has 0 fully saturated rings. The summed E-state index contributed by atoms with van der Waals surface area (Å²) in [4.78, 5) is 39.2. The number of nitrogens with zero attached hydrogens (tertiary/aromatic N) is 1. The first-order valence-electron chi connectivity index (χ1n) is 11.1. The lowest BCUT2D eigenvalue weighted by molar-refractivity contribution is -0.148. The molecule has 0 saturated heterocycles. The number of hydrogen-bond acceptors (Lipinski definition) is 5. The highest BCUT2D eigenvalue weighted by Gasteiger charge is 2.31. The standard InChI is InChI=1S/C25H34N2O5/c1-4-6-12-24(30)32-18(3)15-26-25(31)20(9-5-2)14-23(29)27-16-21-11-8-7-10-19(21)13-22(27)17-28/h4-5,7-8,10-11,18,20,22,28H,1-2,6,9,12-17H2,3H3,(H,26,31). The first-order chi connectivity index (χ1) is 15.4. The number of carbonyl (C=O) groups excluding carboxylic acids is 3. The molecule has 0 aliphatic carbocycles. The van der Waals surface area contributed by atoms with Crippen LogP contribution in [-0.4, -0.2) is 53.1 Å². The van der Waals surface area contributed by atoms with E-state index in [9.17, 15) is 19.5 Å². The summed E-state index contributed by atoms with van der Waals surface area (Å²) < 4.78 is 5.26. The van der Waals surface area contributed by atoms with Gasteiger partial charge in [0, 0.05) is 19.4 Å². The van der Waals surface area contributed by atoms with Gasteiger partial charge in [0.15, 0.2) is 0 Å². The second-order valence-electron chi connectivity index (χ2n) is 8.13. The SMILES string of the molecule is C=CCCC(=O)OC(C)CNC(=O)C(CC=C)CC(=O)N1Cc2ccccc2CC1CO. The summed E-state index contributed by atoms with van der Waals surface area (Å²) in [5.41, 5.74) is 2.19. The molecule has 2 amide bonds. The van der Waals surface area contributed by atoms with Gasteiger partial charge in [-0.2, -0.15) is 0 Å². The number of ether oxygens (including phenoxy) is 1. The second-order valence-corrected chi connectivity index (χ2v) is 8.13. The Balaban J connectivity index is 1.94. The van der Waals surface area contributed by atoms with Gasteiger partial charge in [0.2, 0.25) is 11.8 Å². The van der Waals surface area contributed by atoms with Crippen LogP contribution >= 0.6 is 0 Å². The summed E-state index contributed by atoms with van der Waals surface area (Å²) in [6.45, 7) is 9.43. The number of esters is 1. The van der Waals surface area contributed by atoms with Gasteiger partial charge < -0.3 is 20.1 Å². The third-order valence-corrected chi connectivity index (χ3v) is 5.58. The highest BCUT2D eigenvalue weighted by molar-refractivity contribution is 5.86. The molecule has 0 radical (unpaired) electrons. The summed E-state index contributed by atoms with van der Waals surface area (Å²) in [6, 6.07) is 7.57. The quantitative estimate of drug-likeness (QED) is 0.383. The van der Waals surface area contributed by atoms with E-state index in [1.54, 1.807) is 24.0 Å². The topological polar surface area (TPSA) is 95.9 Å². The lowest BCUT2D eigenvalue weighted by Gasteiger charge is -2.36. The third kappa shape index (κ3) is 7.34. The minimum absolute atomic E-state index is 0.0179. The number of nitrogens with one attached hydrogen (secondary N) is 1. The fourth-order valence-electron chi connectivity index (χ4n) is 3.79. The molecule has 0 saturated carbocycles. The zero-order chi connectivity index (χ0) is 23.5. The highest BCUT2D eigenvalue weighted by atomic mass is 16.5. The lowest BCUT2D eigenvalue weighted by Crippen LogP contribution is -2.47. The van der Waals surface area contributed by atoms with E-state index in [-0.39, 0.29) is 49.8 Å². The average molecular weight is 443 g/mol. The van der Waals surface area contributed by atoms with Crippen molar-refractivity contribution in [1.82, 2.24) is 10.2 Å². The Labute approximate surface area is 190 Å². The minimum Gasteiger partial charge on any atom is -0.461 e. The van der Waals surface area contributed by atoms with Crippen LogP contribution in [0.5, 0.6) is 0 Å². The predicted octanol–water partition coefficient (Wildman–Crippen LogP) is 2.53. The Morgan fingerprint density at radius 3 is 2.62 bits per heavy atom. The maximum Gasteiger partial charge on any atom is 0.306 e. The molecule has 174 valence electrons. The fraction of sp³-hybridized carbons (Fsp3) is 0.480. The van der Waals surface area contributed by atoms with Gasteiger partial charge in [-0.3, -0.25) is 14.4 Å². The van der Waals surface area contributed by atoms with Gasteiger partial charge in [-0.05, 0) is 37.3 Å². The Kier molecular flexibility index (Phi) is 10.1. The molecule has 3 atom stereocenters. The molecular formula is C25H34N2O5. The number of aliphatic hydroxyl groups is 1. The van der Waals surface area contributed by atoms with Crippen LogP contribution in [-0.2, 0) is 32.1 Å². The number of fused-ring (bicyclic) bond motifs is 1. The number of carbonyl (C=O) groups is 3. The largest absolute Gasteiger partial charge is 0.461 e. The smallest absolute Gasteiger partial charge is 0.306 e. The summed E-state index contributed by atoms with van der Waals surface area (Å²) in [5.74, 6) is -1.39. The number of hydrogen-bond donors (Lipinski definition) is 2. The molecule has 2 N–H and O–H groups in total. The molecule has 3 unspecified atom stereocenters. The van der Waals surface area contributed by atoms with E-state index in [0.29, 0.717) is 25.8 Å². The Hall–Kier alpha value is -2.93. The van der Waals surface area contributed by atoms with E-state index in [1.807, 2.05) is 24.3 Å². The number of benzene rings is 1. The van der Waals surface area contributed by atoms with Crippen LogP contribution < -0.4 is 5.32 Å². The molecule has 7 heteroatoms. The fourth-order valence-corrected chi connectivity index (χ4v) is 3.79. The van der Waals surface area contributed by atoms with Crippen LogP contribution in [0.15, 0.2) is 49.6 Å². The number of rotatable bonds is 12. The van der Waals surface area contributed by atoms with E-state index < -0.39 is 12.0 Å². The third-order valence-electron chi connectivity index (χ3n) is 5.58. The van der Waals surface area contributed by atoms with Crippen LogP contribution in [0.3, 0.4) is 0 Å². The lowest BCUT2D eigenvalue weighted by atomic mass is 9.92. The second kappa shape index (κ2) is 12.8. The van der Waals surface area contributed by atoms with E-state index in [1.165, 1.54) is 0 Å². The van der Waals surface area contributed by atoms with Crippen molar-refractivity contribution in [2.24, 2.45) is 5.92 Å². The van der Waals surface area contributed by atoms with Crippen molar-refractivity contribution in [1.29, 1.82) is 0 Å². The van der Waals surface area contributed by atoms with Gasteiger partial charge in [0.1, 0.15) is 6.10 Å². The van der Waals surface area contributed by atoms with E-state index in [4.69, 9.17) is 4.74 Å². The van der Waals surface area contributed by atoms with Crippen LogP contribution in [0.2, 0.25) is 0 Å². The number of allylic oxidation sites excluding steroid dienone is 2. The summed E-state index contributed by atoms with van der Waals surface area (Å²) in [6.07, 6.45) is 4.53. The zero-order valence-corrected chi connectivity index (χ0v) is 18.8. The molecule has 1 aliphatic heterocycles. The monoisotopic (exact) mass is 442 g/mol. The predicted molar refractivity (Wildman–Crippen MR) is 122 cm³/mol. The molecule has 1 aromatic carbocycles. The van der Waals surface area contributed by atoms with Crippen molar-refractivity contribution in [3.05, 3.63) is 60.7 Å². The van der Waals surface area contributed by atoms with Gasteiger partial charge in [0.25, 0.3) is 0 Å². The molecule has 0 spiro atoms. The first-order valence-corrected chi connectivity index (χ1v) is 11.1.